The van der Waals surface area contributed by atoms with E-state index in [-0.39, 0.29) is 15.6 Å². The number of rotatable bonds is 3. The summed E-state index contributed by atoms with van der Waals surface area (Å²) in [5.74, 6) is -0.624. The highest BCUT2D eigenvalue weighted by Gasteiger charge is 2.31. The average molecular weight is 383 g/mol. The highest BCUT2D eigenvalue weighted by Crippen LogP contribution is 2.36. The lowest BCUT2D eigenvalue weighted by atomic mass is 10.1. The van der Waals surface area contributed by atoms with Crippen molar-refractivity contribution in [3.8, 4) is 0 Å². The number of hydrogen-bond acceptors (Lipinski definition) is 3. The van der Waals surface area contributed by atoms with Gasteiger partial charge in [-0.25, -0.2) is 0 Å². The van der Waals surface area contributed by atoms with Crippen molar-refractivity contribution < 1.29 is 18.0 Å². The van der Waals surface area contributed by atoms with Crippen molar-refractivity contribution in [3.05, 3.63) is 44.1 Å². The summed E-state index contributed by atoms with van der Waals surface area (Å²) in [7, 11) is 3.32. The molecule has 3 nitrogen and oxygen atoms in total. The van der Waals surface area contributed by atoms with Crippen molar-refractivity contribution in [2.24, 2.45) is 0 Å². The van der Waals surface area contributed by atoms with Crippen LogP contribution in [0.25, 0.3) is 0 Å². The van der Waals surface area contributed by atoms with Crippen molar-refractivity contribution in [3.63, 3.8) is 0 Å². The topological polar surface area (TPSA) is 32.3 Å². The van der Waals surface area contributed by atoms with Crippen LogP contribution in [-0.4, -0.2) is 20.0 Å². The SMILES string of the molecule is CN(C)c1ccc(C(F)(F)F)cc1NC(=O)c1cc(Cl)sc1Cl. The molecule has 2 aromatic rings. The van der Waals surface area contributed by atoms with Crippen LogP contribution < -0.4 is 10.2 Å². The fourth-order valence-electron chi connectivity index (χ4n) is 1.89. The molecule has 1 aromatic heterocycles. The zero-order valence-electron chi connectivity index (χ0n) is 12.0. The third-order valence-electron chi connectivity index (χ3n) is 2.96. The Morgan fingerprint density at radius 1 is 1.22 bits per heavy atom. The van der Waals surface area contributed by atoms with E-state index in [0.29, 0.717) is 10.0 Å². The highest BCUT2D eigenvalue weighted by atomic mass is 35.5. The van der Waals surface area contributed by atoms with E-state index in [1.165, 1.54) is 12.1 Å². The zero-order valence-corrected chi connectivity index (χ0v) is 14.3. The number of thiophene rings is 1. The van der Waals surface area contributed by atoms with Gasteiger partial charge in [-0.2, -0.15) is 13.2 Å². The van der Waals surface area contributed by atoms with Crippen LogP contribution in [-0.2, 0) is 6.18 Å². The second kappa shape index (κ2) is 6.59. The molecule has 0 aliphatic heterocycles. The summed E-state index contributed by atoms with van der Waals surface area (Å²) in [4.78, 5) is 13.8. The number of hydrogen-bond donors (Lipinski definition) is 1. The lowest BCUT2D eigenvalue weighted by Crippen LogP contribution is -2.18. The molecule has 124 valence electrons. The summed E-state index contributed by atoms with van der Waals surface area (Å²) < 4.78 is 39.1. The molecule has 23 heavy (non-hydrogen) atoms. The van der Waals surface area contributed by atoms with Crippen LogP contribution >= 0.6 is 34.5 Å². The summed E-state index contributed by atoms with van der Waals surface area (Å²) in [6.07, 6.45) is -4.51. The molecule has 9 heteroatoms. The van der Waals surface area contributed by atoms with Crippen molar-refractivity contribution in [1.82, 2.24) is 0 Å². The quantitative estimate of drug-likeness (QED) is 0.771. The van der Waals surface area contributed by atoms with Crippen molar-refractivity contribution in [1.29, 1.82) is 0 Å². The predicted molar refractivity (Wildman–Crippen MR) is 88.1 cm³/mol. The number of benzene rings is 1. The number of anilines is 2. The van der Waals surface area contributed by atoms with E-state index in [1.54, 1.807) is 19.0 Å². The van der Waals surface area contributed by atoms with E-state index in [4.69, 9.17) is 23.2 Å². The van der Waals surface area contributed by atoms with Crippen LogP contribution in [0, 0.1) is 0 Å². The Kier molecular flexibility index (Phi) is 5.13. The zero-order chi connectivity index (χ0) is 17.4. The molecule has 0 saturated heterocycles. The minimum atomic E-state index is -4.51. The summed E-state index contributed by atoms with van der Waals surface area (Å²) in [6.45, 7) is 0. The Bertz CT molecular complexity index is 744. The minimum absolute atomic E-state index is 0.0354. The molecule has 0 saturated carbocycles. The average Bonchev–Trinajstić information content (AvgIpc) is 2.76. The smallest absolute Gasteiger partial charge is 0.376 e. The Morgan fingerprint density at radius 3 is 2.35 bits per heavy atom. The normalized spacial score (nSPS) is 11.4. The lowest BCUT2D eigenvalue weighted by Gasteiger charge is -2.19. The maximum absolute atomic E-state index is 12.9. The molecular formula is C14H11Cl2F3N2OS. The van der Waals surface area contributed by atoms with E-state index in [2.05, 4.69) is 5.32 Å². The van der Waals surface area contributed by atoms with Crippen LogP contribution in [0.2, 0.25) is 8.67 Å². The van der Waals surface area contributed by atoms with E-state index in [1.807, 2.05) is 0 Å². The fourth-order valence-corrected chi connectivity index (χ4v) is 3.35. The second-order valence-electron chi connectivity index (χ2n) is 4.82. The number of carbonyl (C=O) groups excluding carboxylic acids is 1. The summed E-state index contributed by atoms with van der Waals surface area (Å²) >= 11 is 12.7. The van der Waals surface area contributed by atoms with Gasteiger partial charge in [-0.05, 0) is 24.3 Å². The van der Waals surface area contributed by atoms with Crippen LogP contribution in [0.3, 0.4) is 0 Å². The molecular weight excluding hydrogens is 372 g/mol. The van der Waals surface area contributed by atoms with E-state index >= 15 is 0 Å². The maximum atomic E-state index is 12.9. The van der Waals surface area contributed by atoms with Gasteiger partial charge in [-0.15, -0.1) is 11.3 Å². The first kappa shape index (κ1) is 17.9. The van der Waals surface area contributed by atoms with Crippen LogP contribution in [0.1, 0.15) is 15.9 Å². The van der Waals surface area contributed by atoms with Gasteiger partial charge in [0.1, 0.15) is 4.34 Å². The fraction of sp³-hybridized carbons (Fsp3) is 0.214. The lowest BCUT2D eigenvalue weighted by molar-refractivity contribution is -0.137. The molecule has 1 heterocycles. The summed E-state index contributed by atoms with van der Waals surface area (Å²) in [5, 5.41) is 2.46. The summed E-state index contributed by atoms with van der Waals surface area (Å²) in [6, 6.07) is 4.50. The van der Waals surface area contributed by atoms with Crippen LogP contribution in [0.5, 0.6) is 0 Å². The first-order chi connectivity index (χ1) is 10.6. The van der Waals surface area contributed by atoms with Gasteiger partial charge in [0.2, 0.25) is 0 Å². The highest BCUT2D eigenvalue weighted by molar-refractivity contribution is 7.20. The maximum Gasteiger partial charge on any atom is 0.416 e. The van der Waals surface area contributed by atoms with Gasteiger partial charge in [0, 0.05) is 14.1 Å². The number of nitrogens with one attached hydrogen (secondary N) is 1. The van der Waals surface area contributed by atoms with Crippen LogP contribution in [0.15, 0.2) is 24.3 Å². The molecule has 1 amide bonds. The number of nitrogens with zero attached hydrogens (tertiary/aromatic N) is 1. The van der Waals surface area contributed by atoms with E-state index in [0.717, 1.165) is 23.5 Å². The number of halogens is 5. The number of carbonyl (C=O) groups is 1. The Balaban J connectivity index is 2.40. The molecule has 0 aliphatic carbocycles. The van der Waals surface area contributed by atoms with Gasteiger partial charge in [0.15, 0.2) is 0 Å². The van der Waals surface area contributed by atoms with Crippen molar-refractivity contribution >= 4 is 51.8 Å². The number of amides is 1. The van der Waals surface area contributed by atoms with Gasteiger partial charge in [0.25, 0.3) is 5.91 Å². The predicted octanol–water partition coefficient (Wildman–Crippen LogP) is 5.39. The molecule has 0 bridgehead atoms. The molecule has 0 atom stereocenters. The number of alkyl halides is 3. The molecule has 0 unspecified atom stereocenters. The Morgan fingerprint density at radius 2 is 1.87 bits per heavy atom. The third-order valence-corrected chi connectivity index (χ3v) is 4.44. The minimum Gasteiger partial charge on any atom is -0.376 e. The summed E-state index contributed by atoms with van der Waals surface area (Å²) in [5.41, 5.74) is -0.270. The second-order valence-corrected chi connectivity index (χ2v) is 7.10. The molecule has 0 radical (unpaired) electrons. The molecule has 0 spiro atoms. The molecule has 1 aromatic carbocycles. The largest absolute Gasteiger partial charge is 0.416 e. The van der Waals surface area contributed by atoms with Gasteiger partial charge in [-0.3, -0.25) is 4.79 Å². The third kappa shape index (κ3) is 4.10. The van der Waals surface area contributed by atoms with E-state index in [9.17, 15) is 18.0 Å². The Hall–Kier alpha value is -1.44. The Labute approximate surface area is 144 Å². The van der Waals surface area contributed by atoms with Crippen molar-refractivity contribution in [2.75, 3.05) is 24.3 Å². The van der Waals surface area contributed by atoms with Crippen LogP contribution in [0.4, 0.5) is 24.5 Å². The van der Waals surface area contributed by atoms with Gasteiger partial charge in [-0.1, -0.05) is 23.2 Å². The monoisotopic (exact) mass is 382 g/mol. The van der Waals surface area contributed by atoms with Crippen molar-refractivity contribution in [2.45, 2.75) is 6.18 Å². The first-order valence-corrected chi connectivity index (χ1v) is 7.81. The molecule has 1 N–H and O–H groups in total. The first-order valence-electron chi connectivity index (χ1n) is 6.24. The van der Waals surface area contributed by atoms with Gasteiger partial charge < -0.3 is 10.2 Å². The molecule has 2 rings (SSSR count). The van der Waals surface area contributed by atoms with Gasteiger partial charge >= 0.3 is 6.18 Å². The molecule has 0 aliphatic rings. The van der Waals surface area contributed by atoms with E-state index < -0.39 is 17.6 Å². The standard InChI is InChI=1S/C14H11Cl2F3N2OS/c1-21(2)10-4-3-7(14(17,18)19)5-9(10)20-13(22)8-6-11(15)23-12(8)16/h3-6H,1-2H3,(H,20,22). The van der Waals surface area contributed by atoms with Gasteiger partial charge in [0.05, 0.1) is 26.8 Å². The molecule has 0 fully saturated rings.